The fraction of sp³-hybridized carbons (Fsp3) is 0.500. The quantitative estimate of drug-likeness (QED) is 0.829. The summed E-state index contributed by atoms with van der Waals surface area (Å²) in [5, 5.41) is 6.28. The number of carbonyl (C=O) groups excluding carboxylic acids is 2. The van der Waals surface area contributed by atoms with Crippen LogP contribution < -0.4 is 10.6 Å². The first kappa shape index (κ1) is 13.3. The number of hydrogen-bond acceptors (Lipinski definition) is 3. The van der Waals surface area contributed by atoms with E-state index in [9.17, 15) is 9.59 Å². The first-order valence-corrected chi connectivity index (χ1v) is 7.30. The van der Waals surface area contributed by atoms with E-state index in [4.69, 9.17) is 0 Å². The first-order chi connectivity index (χ1) is 9.65. The zero-order valence-corrected chi connectivity index (χ0v) is 11.7. The van der Waals surface area contributed by atoms with Gasteiger partial charge in [0.25, 0.3) is 0 Å². The van der Waals surface area contributed by atoms with Gasteiger partial charge in [-0.05, 0) is 50.3 Å². The fourth-order valence-electron chi connectivity index (χ4n) is 3.51. The molecule has 0 bridgehead atoms. The van der Waals surface area contributed by atoms with Gasteiger partial charge in [-0.25, -0.2) is 0 Å². The van der Waals surface area contributed by atoms with Crippen LogP contribution in [0.15, 0.2) is 24.3 Å². The van der Waals surface area contributed by atoms with Crippen molar-refractivity contribution in [3.8, 4) is 0 Å². The maximum atomic E-state index is 12.4. The van der Waals surface area contributed by atoms with E-state index in [1.807, 2.05) is 6.07 Å². The molecule has 0 radical (unpaired) electrons. The molecule has 1 aromatic carbocycles. The summed E-state index contributed by atoms with van der Waals surface area (Å²) in [6, 6.07) is 7.04. The van der Waals surface area contributed by atoms with Gasteiger partial charge < -0.3 is 10.6 Å². The van der Waals surface area contributed by atoms with Crippen molar-refractivity contribution >= 4 is 17.4 Å². The van der Waals surface area contributed by atoms with Crippen molar-refractivity contribution in [2.24, 2.45) is 11.8 Å². The van der Waals surface area contributed by atoms with E-state index in [-0.39, 0.29) is 17.7 Å². The minimum atomic E-state index is -0.0801. The number of fused-ring (bicyclic) bond motifs is 1. The van der Waals surface area contributed by atoms with Crippen LogP contribution >= 0.6 is 0 Å². The van der Waals surface area contributed by atoms with Gasteiger partial charge >= 0.3 is 0 Å². The molecule has 1 heterocycles. The van der Waals surface area contributed by atoms with E-state index in [1.54, 1.807) is 18.2 Å². The Balaban J connectivity index is 1.70. The Labute approximate surface area is 118 Å². The molecular formula is C16H20N2O2. The summed E-state index contributed by atoms with van der Waals surface area (Å²) < 4.78 is 0. The fourth-order valence-corrected chi connectivity index (χ4v) is 3.51. The second kappa shape index (κ2) is 5.37. The van der Waals surface area contributed by atoms with Gasteiger partial charge in [0.15, 0.2) is 5.78 Å². The van der Waals surface area contributed by atoms with Gasteiger partial charge in [0.2, 0.25) is 5.91 Å². The Morgan fingerprint density at radius 1 is 1.30 bits per heavy atom. The molecule has 3 rings (SSSR count). The van der Waals surface area contributed by atoms with Gasteiger partial charge in [0.05, 0.1) is 6.04 Å². The molecule has 2 N–H and O–H groups in total. The van der Waals surface area contributed by atoms with Gasteiger partial charge in [-0.3, -0.25) is 9.59 Å². The maximum Gasteiger partial charge on any atom is 0.241 e. The predicted molar refractivity (Wildman–Crippen MR) is 77.7 cm³/mol. The lowest BCUT2D eigenvalue weighted by molar-refractivity contribution is -0.118. The summed E-state index contributed by atoms with van der Waals surface area (Å²) in [6.45, 7) is 2.48. The molecule has 0 spiro atoms. The number of rotatable bonds is 3. The second-order valence-electron chi connectivity index (χ2n) is 5.87. The molecule has 106 valence electrons. The van der Waals surface area contributed by atoms with E-state index >= 15 is 0 Å². The number of amides is 1. The largest absolute Gasteiger partial charge is 0.325 e. The molecule has 4 nitrogen and oxygen atoms in total. The Kier molecular flexibility index (Phi) is 3.57. The molecule has 1 amide bonds. The van der Waals surface area contributed by atoms with Gasteiger partial charge in [0, 0.05) is 11.3 Å². The van der Waals surface area contributed by atoms with Crippen LogP contribution in [0.25, 0.3) is 0 Å². The highest BCUT2D eigenvalue weighted by Crippen LogP contribution is 2.37. The van der Waals surface area contributed by atoms with E-state index in [0.717, 1.165) is 13.0 Å². The Morgan fingerprint density at radius 3 is 2.95 bits per heavy atom. The normalized spacial score (nSPS) is 28.1. The molecule has 1 saturated heterocycles. The summed E-state index contributed by atoms with van der Waals surface area (Å²) in [4.78, 5) is 23.7. The summed E-state index contributed by atoms with van der Waals surface area (Å²) >= 11 is 0. The molecule has 1 saturated carbocycles. The second-order valence-corrected chi connectivity index (χ2v) is 5.87. The Hall–Kier alpha value is -1.68. The molecule has 20 heavy (non-hydrogen) atoms. The molecule has 1 aliphatic carbocycles. The number of benzene rings is 1. The van der Waals surface area contributed by atoms with Crippen molar-refractivity contribution in [1.82, 2.24) is 5.32 Å². The molecule has 1 aliphatic heterocycles. The standard InChI is InChI=1S/C16H20N2O2/c1-10(19)11-4-2-6-13(8-11)18-16(20)15-14-7-3-5-12(14)9-17-15/h2,4,6,8,12,14-15,17H,3,5,7,9H2,1H3,(H,18,20). The molecule has 0 aromatic heterocycles. The minimum Gasteiger partial charge on any atom is -0.325 e. The van der Waals surface area contributed by atoms with Crippen LogP contribution in [-0.4, -0.2) is 24.3 Å². The molecule has 2 aliphatic rings. The van der Waals surface area contributed by atoms with Crippen LogP contribution in [0.5, 0.6) is 0 Å². The molecule has 2 fully saturated rings. The van der Waals surface area contributed by atoms with E-state index in [2.05, 4.69) is 10.6 Å². The summed E-state index contributed by atoms with van der Waals surface area (Å²) in [5.74, 6) is 1.18. The third-order valence-electron chi connectivity index (χ3n) is 4.57. The molecule has 4 heteroatoms. The number of carbonyl (C=O) groups is 2. The van der Waals surface area contributed by atoms with Crippen molar-refractivity contribution in [2.75, 3.05) is 11.9 Å². The van der Waals surface area contributed by atoms with Crippen molar-refractivity contribution in [1.29, 1.82) is 0 Å². The topological polar surface area (TPSA) is 58.2 Å². The van der Waals surface area contributed by atoms with Crippen LogP contribution in [0.4, 0.5) is 5.69 Å². The van der Waals surface area contributed by atoms with Crippen molar-refractivity contribution in [3.05, 3.63) is 29.8 Å². The van der Waals surface area contributed by atoms with E-state index < -0.39 is 0 Å². The van der Waals surface area contributed by atoms with Crippen LogP contribution in [-0.2, 0) is 4.79 Å². The number of nitrogens with one attached hydrogen (secondary N) is 2. The number of Topliss-reactive ketones (excluding diaryl/α,β-unsaturated/α-hetero) is 1. The zero-order valence-electron chi connectivity index (χ0n) is 11.7. The first-order valence-electron chi connectivity index (χ1n) is 7.30. The summed E-state index contributed by atoms with van der Waals surface area (Å²) in [6.07, 6.45) is 3.62. The Morgan fingerprint density at radius 2 is 2.15 bits per heavy atom. The average Bonchev–Trinajstić information content (AvgIpc) is 3.00. The smallest absolute Gasteiger partial charge is 0.241 e. The highest BCUT2D eigenvalue weighted by Gasteiger charge is 2.42. The van der Waals surface area contributed by atoms with Crippen molar-refractivity contribution in [2.45, 2.75) is 32.2 Å². The lowest BCUT2D eigenvalue weighted by atomic mass is 9.93. The highest BCUT2D eigenvalue weighted by molar-refractivity contribution is 5.98. The van der Waals surface area contributed by atoms with Gasteiger partial charge in [0.1, 0.15) is 0 Å². The van der Waals surface area contributed by atoms with Gasteiger partial charge in [-0.2, -0.15) is 0 Å². The van der Waals surface area contributed by atoms with Gasteiger partial charge in [-0.1, -0.05) is 18.6 Å². The van der Waals surface area contributed by atoms with Crippen molar-refractivity contribution in [3.63, 3.8) is 0 Å². The minimum absolute atomic E-state index is 0.0101. The van der Waals surface area contributed by atoms with E-state index in [1.165, 1.54) is 19.8 Å². The lowest BCUT2D eigenvalue weighted by Crippen LogP contribution is -2.39. The summed E-state index contributed by atoms with van der Waals surface area (Å²) in [7, 11) is 0. The SMILES string of the molecule is CC(=O)c1cccc(NC(=O)C2NCC3CCCC32)c1. The third kappa shape index (κ3) is 2.48. The molecule has 1 aromatic rings. The molecule has 3 unspecified atom stereocenters. The maximum absolute atomic E-state index is 12.4. The zero-order chi connectivity index (χ0) is 14.1. The predicted octanol–water partition coefficient (Wildman–Crippen LogP) is 2.22. The molecule has 3 atom stereocenters. The molecular weight excluding hydrogens is 252 g/mol. The highest BCUT2D eigenvalue weighted by atomic mass is 16.2. The Bertz CT molecular complexity index is 541. The monoisotopic (exact) mass is 272 g/mol. The van der Waals surface area contributed by atoms with Crippen LogP contribution in [0.3, 0.4) is 0 Å². The number of hydrogen-bond donors (Lipinski definition) is 2. The average molecular weight is 272 g/mol. The van der Waals surface area contributed by atoms with Crippen molar-refractivity contribution < 1.29 is 9.59 Å². The van der Waals surface area contributed by atoms with Gasteiger partial charge in [-0.15, -0.1) is 0 Å². The van der Waals surface area contributed by atoms with Crippen LogP contribution in [0, 0.1) is 11.8 Å². The lowest BCUT2D eigenvalue weighted by Gasteiger charge is -2.17. The van der Waals surface area contributed by atoms with E-state index in [0.29, 0.717) is 23.1 Å². The third-order valence-corrected chi connectivity index (χ3v) is 4.57. The van der Waals surface area contributed by atoms with Crippen LogP contribution in [0.2, 0.25) is 0 Å². The van der Waals surface area contributed by atoms with Crippen LogP contribution in [0.1, 0.15) is 36.5 Å². The number of anilines is 1. The number of ketones is 1. The summed E-state index contributed by atoms with van der Waals surface area (Å²) in [5.41, 5.74) is 1.33.